The zero-order chi connectivity index (χ0) is 13.2. The predicted molar refractivity (Wildman–Crippen MR) is 72.4 cm³/mol. The molecule has 0 aromatic heterocycles. The van der Waals surface area contributed by atoms with Crippen LogP contribution in [0, 0.1) is 5.41 Å². The molecule has 0 rings (SSSR count). The van der Waals surface area contributed by atoms with Gasteiger partial charge in [-0.1, -0.05) is 26.6 Å². The first-order chi connectivity index (χ1) is 6.90. The molecule has 0 aliphatic heterocycles. The lowest BCUT2D eigenvalue weighted by Crippen LogP contribution is -2.40. The average Bonchev–Trinajstić information content (AvgIpc) is 1.97. The van der Waals surface area contributed by atoms with Gasteiger partial charge in [0.25, 0.3) is 0 Å². The first kappa shape index (κ1) is 15.7. The molecule has 0 heterocycles. The SMILES string of the molecule is CCC(C)(C[Si](C)(C)C)C(=O)OC(C)(C)C. The molecule has 0 aromatic carbocycles. The van der Waals surface area contributed by atoms with E-state index in [4.69, 9.17) is 4.74 Å². The summed E-state index contributed by atoms with van der Waals surface area (Å²) in [5.41, 5.74) is -0.690. The minimum atomic E-state index is -1.25. The highest BCUT2D eigenvalue weighted by Crippen LogP contribution is 2.34. The average molecular weight is 244 g/mol. The van der Waals surface area contributed by atoms with Gasteiger partial charge in [0.1, 0.15) is 5.60 Å². The lowest BCUT2D eigenvalue weighted by molar-refractivity contribution is -0.165. The summed E-state index contributed by atoms with van der Waals surface area (Å²) in [7, 11) is -1.25. The molecule has 96 valence electrons. The summed E-state index contributed by atoms with van der Waals surface area (Å²) >= 11 is 0. The van der Waals surface area contributed by atoms with Crippen LogP contribution in [-0.4, -0.2) is 19.6 Å². The summed E-state index contributed by atoms with van der Waals surface area (Å²) in [6, 6.07) is 0.991. The zero-order valence-corrected chi connectivity index (χ0v) is 13.2. The predicted octanol–water partition coefficient (Wildman–Crippen LogP) is 4.08. The molecule has 0 saturated carbocycles. The third kappa shape index (κ3) is 5.68. The Morgan fingerprint density at radius 1 is 1.12 bits per heavy atom. The van der Waals surface area contributed by atoms with Crippen molar-refractivity contribution in [2.45, 2.75) is 72.3 Å². The quantitative estimate of drug-likeness (QED) is 0.550. The molecule has 0 saturated heterocycles. The van der Waals surface area contributed by atoms with Crippen molar-refractivity contribution in [2.75, 3.05) is 0 Å². The number of hydrogen-bond donors (Lipinski definition) is 0. The van der Waals surface area contributed by atoms with Crippen molar-refractivity contribution in [1.29, 1.82) is 0 Å². The van der Waals surface area contributed by atoms with Crippen LogP contribution in [0.5, 0.6) is 0 Å². The second kappa shape index (κ2) is 4.90. The van der Waals surface area contributed by atoms with Crippen LogP contribution in [-0.2, 0) is 9.53 Å². The van der Waals surface area contributed by atoms with Gasteiger partial charge in [-0.15, -0.1) is 0 Å². The van der Waals surface area contributed by atoms with Gasteiger partial charge in [-0.05, 0) is 40.2 Å². The monoisotopic (exact) mass is 244 g/mol. The van der Waals surface area contributed by atoms with Gasteiger partial charge < -0.3 is 4.74 Å². The van der Waals surface area contributed by atoms with Gasteiger partial charge in [0.15, 0.2) is 0 Å². The second-order valence-electron chi connectivity index (χ2n) is 7.15. The van der Waals surface area contributed by atoms with E-state index in [0.717, 1.165) is 12.5 Å². The molecule has 3 heteroatoms. The van der Waals surface area contributed by atoms with Crippen molar-refractivity contribution in [3.8, 4) is 0 Å². The molecule has 0 fully saturated rings. The van der Waals surface area contributed by atoms with Crippen molar-refractivity contribution in [2.24, 2.45) is 5.41 Å². The normalized spacial score (nSPS) is 16.8. The lowest BCUT2D eigenvalue weighted by atomic mass is 9.90. The van der Waals surface area contributed by atoms with Crippen molar-refractivity contribution in [3.63, 3.8) is 0 Å². The lowest BCUT2D eigenvalue weighted by Gasteiger charge is -2.34. The van der Waals surface area contributed by atoms with E-state index in [2.05, 4.69) is 26.6 Å². The largest absolute Gasteiger partial charge is 0.460 e. The third-order valence-electron chi connectivity index (χ3n) is 2.59. The van der Waals surface area contributed by atoms with Gasteiger partial charge in [0.2, 0.25) is 0 Å². The van der Waals surface area contributed by atoms with E-state index >= 15 is 0 Å². The summed E-state index contributed by atoms with van der Waals surface area (Å²) in [5, 5.41) is 0. The molecule has 0 aliphatic carbocycles. The summed E-state index contributed by atoms with van der Waals surface area (Å²) in [5.74, 6) is -0.0371. The Labute approximate surface area is 102 Å². The molecule has 0 aromatic rings. The van der Waals surface area contributed by atoms with E-state index in [1.54, 1.807) is 0 Å². The second-order valence-corrected chi connectivity index (χ2v) is 12.6. The summed E-state index contributed by atoms with van der Waals surface area (Å²) in [6.45, 7) is 16.8. The molecule has 0 spiro atoms. The Morgan fingerprint density at radius 3 is 1.81 bits per heavy atom. The maximum Gasteiger partial charge on any atom is 0.312 e. The van der Waals surface area contributed by atoms with Gasteiger partial charge >= 0.3 is 5.97 Å². The van der Waals surface area contributed by atoms with Crippen molar-refractivity contribution < 1.29 is 9.53 Å². The van der Waals surface area contributed by atoms with Gasteiger partial charge in [0.05, 0.1) is 5.41 Å². The fraction of sp³-hybridized carbons (Fsp3) is 0.923. The fourth-order valence-corrected chi connectivity index (χ4v) is 4.65. The van der Waals surface area contributed by atoms with Crippen LogP contribution in [0.1, 0.15) is 41.0 Å². The Balaban J connectivity index is 4.77. The van der Waals surface area contributed by atoms with Crippen LogP contribution in [0.2, 0.25) is 25.7 Å². The van der Waals surface area contributed by atoms with E-state index in [0.29, 0.717) is 0 Å². The highest BCUT2D eigenvalue weighted by Gasteiger charge is 2.39. The van der Waals surface area contributed by atoms with E-state index in [1.807, 2.05) is 27.7 Å². The molecule has 1 atom stereocenters. The molecule has 0 radical (unpaired) electrons. The van der Waals surface area contributed by atoms with Crippen molar-refractivity contribution in [3.05, 3.63) is 0 Å². The minimum absolute atomic E-state index is 0.0371. The molecule has 0 aliphatic rings. The zero-order valence-electron chi connectivity index (χ0n) is 12.2. The van der Waals surface area contributed by atoms with E-state index in [1.165, 1.54) is 0 Å². The van der Waals surface area contributed by atoms with Crippen LogP contribution in [0.15, 0.2) is 0 Å². The van der Waals surface area contributed by atoms with Crippen LogP contribution in [0.4, 0.5) is 0 Å². The van der Waals surface area contributed by atoms with Crippen LogP contribution in [0.3, 0.4) is 0 Å². The van der Waals surface area contributed by atoms with Crippen molar-refractivity contribution >= 4 is 14.0 Å². The Bertz CT molecular complexity index is 248. The first-order valence-corrected chi connectivity index (χ1v) is 9.84. The molecule has 0 bridgehead atoms. The van der Waals surface area contributed by atoms with Crippen molar-refractivity contribution in [1.82, 2.24) is 0 Å². The van der Waals surface area contributed by atoms with Gasteiger partial charge in [-0.3, -0.25) is 4.79 Å². The molecule has 2 nitrogen and oxygen atoms in total. The molecular formula is C13H28O2Si. The van der Waals surface area contributed by atoms with Crippen LogP contribution >= 0.6 is 0 Å². The highest BCUT2D eigenvalue weighted by atomic mass is 28.3. The molecule has 0 N–H and O–H groups in total. The van der Waals surface area contributed by atoms with E-state index < -0.39 is 8.07 Å². The molecule has 16 heavy (non-hydrogen) atoms. The maximum absolute atomic E-state index is 12.2. The summed E-state index contributed by atoms with van der Waals surface area (Å²) in [4.78, 5) is 12.2. The number of rotatable bonds is 4. The van der Waals surface area contributed by atoms with Crippen LogP contribution in [0.25, 0.3) is 0 Å². The fourth-order valence-electron chi connectivity index (χ4n) is 1.91. The molecule has 0 amide bonds. The summed E-state index contributed by atoms with van der Waals surface area (Å²) in [6.07, 6.45) is 0.853. The standard InChI is InChI=1S/C13H28O2Si/c1-9-13(5,10-16(6,7)8)11(14)15-12(2,3)4/h9-10H2,1-8H3. The number of carbonyl (C=O) groups excluding carboxylic acids is 1. The number of carbonyl (C=O) groups is 1. The molecule has 1 unspecified atom stereocenters. The summed E-state index contributed by atoms with van der Waals surface area (Å²) < 4.78 is 5.52. The Hall–Kier alpha value is -0.313. The number of hydrogen-bond acceptors (Lipinski definition) is 2. The minimum Gasteiger partial charge on any atom is -0.460 e. The third-order valence-corrected chi connectivity index (χ3v) is 4.43. The van der Waals surface area contributed by atoms with Crippen LogP contribution < -0.4 is 0 Å². The van der Waals surface area contributed by atoms with E-state index in [9.17, 15) is 4.79 Å². The number of esters is 1. The Morgan fingerprint density at radius 2 is 1.56 bits per heavy atom. The maximum atomic E-state index is 12.2. The number of ether oxygens (including phenoxy) is 1. The van der Waals surface area contributed by atoms with Gasteiger partial charge in [-0.25, -0.2) is 0 Å². The van der Waals surface area contributed by atoms with Gasteiger partial charge in [0, 0.05) is 8.07 Å². The first-order valence-electron chi connectivity index (χ1n) is 6.13. The van der Waals surface area contributed by atoms with Gasteiger partial charge in [-0.2, -0.15) is 0 Å². The topological polar surface area (TPSA) is 26.3 Å². The smallest absolute Gasteiger partial charge is 0.312 e. The highest BCUT2D eigenvalue weighted by molar-refractivity contribution is 6.76. The van der Waals surface area contributed by atoms with E-state index in [-0.39, 0.29) is 17.0 Å². The Kier molecular flexibility index (Phi) is 4.81. The molecular weight excluding hydrogens is 216 g/mol.